The predicted octanol–water partition coefficient (Wildman–Crippen LogP) is 4.10. The third-order valence-electron chi connectivity index (χ3n) is 5.30. The Balaban J connectivity index is 1.43. The lowest BCUT2D eigenvalue weighted by molar-refractivity contribution is -0.138. The van der Waals surface area contributed by atoms with Gasteiger partial charge in [-0.3, -0.25) is 4.79 Å². The van der Waals surface area contributed by atoms with Crippen molar-refractivity contribution in [2.24, 2.45) is 0 Å². The van der Waals surface area contributed by atoms with Crippen molar-refractivity contribution in [1.82, 2.24) is 35.0 Å². The first-order valence-electron chi connectivity index (χ1n) is 11.2. The Labute approximate surface area is 204 Å². The fourth-order valence-corrected chi connectivity index (χ4v) is 3.60. The number of pyridine rings is 1. The van der Waals surface area contributed by atoms with Crippen LogP contribution >= 0.6 is 0 Å². The predicted molar refractivity (Wildman–Crippen MR) is 126 cm³/mol. The molecule has 12 heteroatoms. The number of hydrogen-bond acceptors (Lipinski definition) is 7. The van der Waals surface area contributed by atoms with E-state index in [9.17, 15) is 18.0 Å². The van der Waals surface area contributed by atoms with Crippen LogP contribution in [0.3, 0.4) is 0 Å². The Morgan fingerprint density at radius 2 is 1.86 bits per heavy atom. The van der Waals surface area contributed by atoms with Gasteiger partial charge in [0.05, 0.1) is 12.1 Å². The zero-order valence-electron chi connectivity index (χ0n) is 19.3. The van der Waals surface area contributed by atoms with Crippen LogP contribution in [0.5, 0.6) is 0 Å². The minimum Gasteiger partial charge on any atom is -0.363 e. The van der Waals surface area contributed by atoms with Gasteiger partial charge in [-0.1, -0.05) is 25.1 Å². The van der Waals surface area contributed by atoms with Crippen LogP contribution in [0.4, 0.5) is 19.0 Å². The fraction of sp³-hybridized carbons (Fsp3) is 0.250. The summed E-state index contributed by atoms with van der Waals surface area (Å²) in [5, 5.41) is 14.2. The zero-order chi connectivity index (χ0) is 25.5. The van der Waals surface area contributed by atoms with Crippen LogP contribution in [0, 0.1) is 0 Å². The molecule has 2 N–H and O–H groups in total. The molecule has 4 rings (SSSR count). The summed E-state index contributed by atoms with van der Waals surface area (Å²) in [6, 6.07) is 9.91. The van der Waals surface area contributed by atoms with Crippen molar-refractivity contribution in [3.8, 4) is 11.5 Å². The van der Waals surface area contributed by atoms with E-state index >= 15 is 0 Å². The van der Waals surface area contributed by atoms with Crippen molar-refractivity contribution in [3.05, 3.63) is 83.7 Å². The molecular weight excluding hydrogens is 473 g/mol. The number of amides is 1. The highest BCUT2D eigenvalue weighted by Gasteiger charge is 2.32. The minimum atomic E-state index is -4.50. The first-order chi connectivity index (χ1) is 17.4. The SMILES string of the molecule is CCCn1c(CNc2cc(C(=O)NCc3ccccc3C(F)(F)F)ccn2)nnc1-c1ccncn1. The lowest BCUT2D eigenvalue weighted by Crippen LogP contribution is -2.24. The fourth-order valence-electron chi connectivity index (χ4n) is 3.60. The van der Waals surface area contributed by atoms with E-state index in [1.165, 1.54) is 42.9 Å². The van der Waals surface area contributed by atoms with Gasteiger partial charge in [-0.05, 0) is 36.2 Å². The number of carbonyl (C=O) groups excluding carboxylic acids is 1. The van der Waals surface area contributed by atoms with E-state index in [1.807, 2.05) is 11.5 Å². The molecule has 0 saturated heterocycles. The Bertz CT molecular complexity index is 1320. The van der Waals surface area contributed by atoms with Gasteiger partial charge in [-0.2, -0.15) is 13.2 Å². The molecule has 1 aromatic carbocycles. The van der Waals surface area contributed by atoms with E-state index in [2.05, 4.69) is 35.8 Å². The van der Waals surface area contributed by atoms with Gasteiger partial charge in [0.2, 0.25) is 0 Å². The molecule has 0 saturated carbocycles. The van der Waals surface area contributed by atoms with Gasteiger partial charge in [-0.25, -0.2) is 15.0 Å². The molecule has 0 spiro atoms. The van der Waals surface area contributed by atoms with Crippen LogP contribution in [-0.2, 0) is 25.8 Å². The smallest absolute Gasteiger partial charge is 0.363 e. The second-order valence-electron chi connectivity index (χ2n) is 7.81. The molecule has 0 unspecified atom stereocenters. The largest absolute Gasteiger partial charge is 0.416 e. The molecule has 0 radical (unpaired) electrons. The average Bonchev–Trinajstić information content (AvgIpc) is 3.29. The molecule has 0 aliphatic rings. The monoisotopic (exact) mass is 496 g/mol. The molecular formula is C24H23F3N8O. The van der Waals surface area contributed by atoms with Crippen LogP contribution in [-0.4, -0.2) is 35.6 Å². The summed E-state index contributed by atoms with van der Waals surface area (Å²) in [4.78, 5) is 25.0. The Kier molecular flexibility index (Phi) is 7.52. The third-order valence-corrected chi connectivity index (χ3v) is 5.30. The summed E-state index contributed by atoms with van der Waals surface area (Å²) in [7, 11) is 0. The number of halogens is 3. The van der Waals surface area contributed by atoms with E-state index in [0.717, 1.165) is 12.5 Å². The molecule has 1 amide bonds. The summed E-state index contributed by atoms with van der Waals surface area (Å²) in [5.74, 6) is 1.17. The van der Waals surface area contributed by atoms with Gasteiger partial charge in [0, 0.05) is 31.0 Å². The number of benzene rings is 1. The number of rotatable bonds is 9. The van der Waals surface area contributed by atoms with Gasteiger partial charge in [0.25, 0.3) is 5.91 Å². The van der Waals surface area contributed by atoms with Crippen LogP contribution in [0.15, 0.2) is 61.2 Å². The van der Waals surface area contributed by atoms with Crippen LogP contribution in [0.2, 0.25) is 0 Å². The van der Waals surface area contributed by atoms with Crippen molar-refractivity contribution in [1.29, 1.82) is 0 Å². The average molecular weight is 496 g/mol. The second-order valence-corrected chi connectivity index (χ2v) is 7.81. The van der Waals surface area contributed by atoms with E-state index in [-0.39, 0.29) is 24.2 Å². The summed E-state index contributed by atoms with van der Waals surface area (Å²) in [6.07, 6.45) is 0.882. The Morgan fingerprint density at radius 3 is 2.61 bits per heavy atom. The Hall–Kier alpha value is -4.35. The van der Waals surface area contributed by atoms with Crippen molar-refractivity contribution in [2.75, 3.05) is 5.32 Å². The number of carbonyl (C=O) groups is 1. The number of hydrogen-bond donors (Lipinski definition) is 2. The maximum Gasteiger partial charge on any atom is 0.416 e. The molecule has 3 heterocycles. The summed E-state index contributed by atoms with van der Waals surface area (Å²) < 4.78 is 41.6. The maximum atomic E-state index is 13.2. The molecule has 36 heavy (non-hydrogen) atoms. The lowest BCUT2D eigenvalue weighted by Gasteiger charge is -2.13. The van der Waals surface area contributed by atoms with Crippen LogP contribution < -0.4 is 10.6 Å². The maximum absolute atomic E-state index is 13.2. The number of aromatic nitrogens is 6. The van der Waals surface area contributed by atoms with E-state index < -0.39 is 17.6 Å². The third kappa shape index (κ3) is 5.82. The first-order valence-corrected chi connectivity index (χ1v) is 11.2. The van der Waals surface area contributed by atoms with Gasteiger partial charge in [0.15, 0.2) is 11.6 Å². The highest BCUT2D eigenvalue weighted by molar-refractivity contribution is 5.94. The highest BCUT2D eigenvalue weighted by atomic mass is 19.4. The minimum absolute atomic E-state index is 0.0134. The standard InChI is InChI=1S/C24H23F3N8O/c1-2-11-35-21(33-34-22(35)19-8-9-28-15-32-19)14-30-20-12-16(7-10-29-20)23(36)31-13-17-5-3-4-6-18(17)24(25,26)27/h3-10,12,15H,2,11,13-14H2,1H3,(H,29,30)(H,31,36). The van der Waals surface area contributed by atoms with Gasteiger partial charge >= 0.3 is 6.18 Å². The molecule has 9 nitrogen and oxygen atoms in total. The normalized spacial score (nSPS) is 11.3. The summed E-state index contributed by atoms with van der Waals surface area (Å²) in [6.45, 7) is 2.75. The van der Waals surface area contributed by atoms with Gasteiger partial charge < -0.3 is 15.2 Å². The molecule has 0 atom stereocenters. The van der Waals surface area contributed by atoms with Crippen molar-refractivity contribution < 1.29 is 18.0 Å². The van der Waals surface area contributed by atoms with E-state index in [1.54, 1.807) is 12.3 Å². The first kappa shape index (κ1) is 24.8. The molecule has 0 fully saturated rings. The molecule has 4 aromatic rings. The second kappa shape index (κ2) is 10.9. The number of nitrogens with one attached hydrogen (secondary N) is 2. The number of anilines is 1. The lowest BCUT2D eigenvalue weighted by atomic mass is 10.1. The molecule has 0 aliphatic carbocycles. The molecule has 0 aliphatic heterocycles. The molecule has 186 valence electrons. The van der Waals surface area contributed by atoms with Crippen LogP contribution in [0.25, 0.3) is 11.5 Å². The number of nitrogens with zero attached hydrogens (tertiary/aromatic N) is 6. The van der Waals surface area contributed by atoms with E-state index in [4.69, 9.17) is 0 Å². The van der Waals surface area contributed by atoms with Crippen molar-refractivity contribution >= 4 is 11.7 Å². The van der Waals surface area contributed by atoms with Gasteiger partial charge in [0.1, 0.15) is 17.8 Å². The quantitative estimate of drug-likeness (QED) is 0.359. The zero-order valence-corrected chi connectivity index (χ0v) is 19.3. The highest BCUT2D eigenvalue weighted by Crippen LogP contribution is 2.31. The summed E-state index contributed by atoms with van der Waals surface area (Å²) >= 11 is 0. The Morgan fingerprint density at radius 1 is 1.03 bits per heavy atom. The van der Waals surface area contributed by atoms with Crippen LogP contribution in [0.1, 0.15) is 40.7 Å². The van der Waals surface area contributed by atoms with Crippen molar-refractivity contribution in [3.63, 3.8) is 0 Å². The number of alkyl halides is 3. The molecule has 3 aromatic heterocycles. The van der Waals surface area contributed by atoms with Gasteiger partial charge in [-0.15, -0.1) is 10.2 Å². The summed E-state index contributed by atoms with van der Waals surface area (Å²) in [5.41, 5.74) is 0.121. The topological polar surface area (TPSA) is 111 Å². The van der Waals surface area contributed by atoms with Crippen molar-refractivity contribution in [2.45, 2.75) is 39.2 Å². The molecule has 0 bridgehead atoms. The van der Waals surface area contributed by atoms with E-state index in [0.29, 0.717) is 29.7 Å².